The lowest BCUT2D eigenvalue weighted by Crippen LogP contribution is -2.11. The molecule has 0 saturated carbocycles. The van der Waals surface area contributed by atoms with Crippen LogP contribution in [0, 0.1) is 0 Å². The largest absolute Gasteiger partial charge is 0.366 e. The van der Waals surface area contributed by atoms with Crippen molar-refractivity contribution in [2.75, 3.05) is 6.54 Å². The van der Waals surface area contributed by atoms with Gasteiger partial charge in [-0.2, -0.15) is 0 Å². The lowest BCUT2D eigenvalue weighted by molar-refractivity contribution is 0.758. The van der Waals surface area contributed by atoms with Crippen molar-refractivity contribution in [3.63, 3.8) is 0 Å². The lowest BCUT2D eigenvalue weighted by atomic mass is 10.2. The third-order valence-electron chi connectivity index (χ3n) is 1.21. The third kappa shape index (κ3) is 5.44. The van der Waals surface area contributed by atoms with E-state index < -0.39 is 0 Å². The summed E-state index contributed by atoms with van der Waals surface area (Å²) >= 11 is 0. The van der Waals surface area contributed by atoms with Crippen LogP contribution in [0.2, 0.25) is 0 Å². The molecule has 0 aliphatic heterocycles. The molecular weight excluding hydrogens is 123 g/mol. The Morgan fingerprint density at radius 3 is 2.80 bits per heavy atom. The highest BCUT2D eigenvalue weighted by molar-refractivity contribution is 6.04. The second-order valence-corrected chi connectivity index (χ2v) is 2.16. The van der Waals surface area contributed by atoms with Gasteiger partial charge in [0.1, 0.15) is 0 Å². The number of hydrogen-bond donors (Lipinski definition) is 2. The van der Waals surface area contributed by atoms with Crippen molar-refractivity contribution in [2.24, 2.45) is 0 Å². The molecule has 3 heteroatoms. The smallest absolute Gasteiger partial charge is 0.181 e. The fraction of sp³-hybridized carbons (Fsp3) is 0.429. The molecule has 0 saturated heterocycles. The molecule has 0 rings (SSSR count). The van der Waals surface area contributed by atoms with Crippen LogP contribution in [0.25, 0.3) is 0 Å². The summed E-state index contributed by atoms with van der Waals surface area (Å²) in [6.07, 6.45) is 3.78. The van der Waals surface area contributed by atoms with E-state index in [1.54, 1.807) is 6.20 Å². The summed E-state index contributed by atoms with van der Waals surface area (Å²) in [5, 5.41) is 6.02. The molecule has 0 bridgehead atoms. The summed E-state index contributed by atoms with van der Waals surface area (Å²) in [7, 11) is 1.95. The second kappa shape index (κ2) is 6.43. The molecule has 0 unspecified atom stereocenters. The van der Waals surface area contributed by atoms with Gasteiger partial charge in [0.05, 0.1) is 0 Å². The summed E-state index contributed by atoms with van der Waals surface area (Å²) in [6, 6.07) is 0. The topological polar surface area (TPSA) is 24.1 Å². The normalized spacial score (nSPS) is 8.80. The van der Waals surface area contributed by atoms with Gasteiger partial charge in [-0.15, -0.1) is 0 Å². The Morgan fingerprint density at radius 2 is 2.30 bits per heavy atom. The Hall–Kier alpha value is -0.695. The van der Waals surface area contributed by atoms with Gasteiger partial charge in [-0.25, -0.2) is 0 Å². The molecule has 0 aromatic heterocycles. The first kappa shape index (κ1) is 9.30. The molecule has 0 amide bonds. The first-order valence-corrected chi connectivity index (χ1v) is 3.51. The van der Waals surface area contributed by atoms with Gasteiger partial charge in [-0.3, -0.25) is 0 Å². The van der Waals surface area contributed by atoms with E-state index in [0.717, 1.165) is 25.1 Å². The van der Waals surface area contributed by atoms with Crippen molar-refractivity contribution in [2.45, 2.75) is 12.8 Å². The molecule has 10 heavy (non-hydrogen) atoms. The summed E-state index contributed by atoms with van der Waals surface area (Å²) in [5.41, 5.74) is 1.03. The van der Waals surface area contributed by atoms with Gasteiger partial charge in [0.2, 0.25) is 0 Å². The monoisotopic (exact) mass is 138 g/mol. The maximum atomic E-state index is 3.81. The Balaban J connectivity index is 3.13. The predicted octanol–water partition coefficient (Wildman–Crippen LogP) is 0.151. The van der Waals surface area contributed by atoms with Crippen LogP contribution >= 0.6 is 0 Å². The maximum Gasteiger partial charge on any atom is 0.181 e. The van der Waals surface area contributed by atoms with E-state index in [2.05, 4.69) is 23.7 Å². The SMILES string of the molecule is BNCCCC(=C)NC=C. The fourth-order valence-electron chi connectivity index (χ4n) is 0.695. The predicted molar refractivity (Wildman–Crippen MR) is 48.3 cm³/mol. The molecule has 56 valence electrons. The van der Waals surface area contributed by atoms with E-state index in [0.29, 0.717) is 0 Å². The zero-order chi connectivity index (χ0) is 7.82. The fourth-order valence-corrected chi connectivity index (χ4v) is 0.695. The second-order valence-electron chi connectivity index (χ2n) is 2.16. The highest BCUT2D eigenvalue weighted by atomic mass is 14.8. The molecule has 2 N–H and O–H groups in total. The molecule has 0 atom stereocenters. The lowest BCUT2D eigenvalue weighted by Gasteiger charge is -2.03. The molecule has 0 aliphatic carbocycles. The van der Waals surface area contributed by atoms with Gasteiger partial charge in [0.15, 0.2) is 7.98 Å². The zero-order valence-electron chi connectivity index (χ0n) is 6.61. The number of allylic oxidation sites excluding steroid dienone is 1. The van der Waals surface area contributed by atoms with Crippen LogP contribution in [0.1, 0.15) is 12.8 Å². The van der Waals surface area contributed by atoms with Crippen molar-refractivity contribution in [1.82, 2.24) is 10.5 Å². The van der Waals surface area contributed by atoms with Crippen LogP contribution in [0.15, 0.2) is 25.1 Å². The Bertz CT molecular complexity index is 112. The Labute approximate surface area is 63.8 Å². The van der Waals surface area contributed by atoms with Crippen LogP contribution in [0.5, 0.6) is 0 Å². The summed E-state index contributed by atoms with van der Waals surface area (Å²) < 4.78 is 0. The minimum atomic E-state index is 1.01. The molecular formula is C7H15BN2. The van der Waals surface area contributed by atoms with Gasteiger partial charge in [-0.05, 0) is 25.6 Å². The van der Waals surface area contributed by atoms with Gasteiger partial charge < -0.3 is 10.5 Å². The van der Waals surface area contributed by atoms with Crippen LogP contribution < -0.4 is 10.5 Å². The average molecular weight is 138 g/mol. The summed E-state index contributed by atoms with van der Waals surface area (Å²) in [6.45, 7) is 8.39. The molecule has 0 heterocycles. The van der Waals surface area contributed by atoms with E-state index in [-0.39, 0.29) is 0 Å². The molecule has 0 aromatic carbocycles. The first-order chi connectivity index (χ1) is 4.81. The van der Waals surface area contributed by atoms with E-state index in [1.807, 2.05) is 7.98 Å². The van der Waals surface area contributed by atoms with Crippen LogP contribution in [0.3, 0.4) is 0 Å². The van der Waals surface area contributed by atoms with Crippen LogP contribution in [-0.2, 0) is 0 Å². The maximum absolute atomic E-state index is 3.81. The van der Waals surface area contributed by atoms with Crippen molar-refractivity contribution in [1.29, 1.82) is 0 Å². The standard InChI is InChI=1S/C7H15BN2/c1-3-9-7(2)5-4-6-10-8/h3,9-10H,1-2,4-6,8H2. The van der Waals surface area contributed by atoms with Crippen molar-refractivity contribution in [3.05, 3.63) is 25.1 Å². The Kier molecular flexibility index (Phi) is 5.98. The minimum Gasteiger partial charge on any atom is -0.366 e. The molecule has 0 spiro atoms. The van der Waals surface area contributed by atoms with E-state index >= 15 is 0 Å². The van der Waals surface area contributed by atoms with Crippen LogP contribution in [0.4, 0.5) is 0 Å². The summed E-state index contributed by atoms with van der Waals surface area (Å²) in [4.78, 5) is 0. The van der Waals surface area contributed by atoms with E-state index in [4.69, 9.17) is 0 Å². The molecule has 0 aliphatic rings. The van der Waals surface area contributed by atoms with Gasteiger partial charge in [0, 0.05) is 5.70 Å². The molecule has 0 aromatic rings. The summed E-state index contributed by atoms with van der Waals surface area (Å²) in [5.74, 6) is 0. The van der Waals surface area contributed by atoms with Gasteiger partial charge in [0.25, 0.3) is 0 Å². The molecule has 0 radical (unpaired) electrons. The van der Waals surface area contributed by atoms with Crippen molar-refractivity contribution in [3.8, 4) is 0 Å². The highest BCUT2D eigenvalue weighted by Gasteiger charge is 1.88. The first-order valence-electron chi connectivity index (χ1n) is 3.51. The minimum absolute atomic E-state index is 1.01. The van der Waals surface area contributed by atoms with Crippen molar-refractivity contribution < 1.29 is 0 Å². The molecule has 0 fully saturated rings. The van der Waals surface area contributed by atoms with Crippen LogP contribution in [-0.4, -0.2) is 14.5 Å². The van der Waals surface area contributed by atoms with Gasteiger partial charge in [-0.1, -0.05) is 13.2 Å². The molecule has 2 nitrogen and oxygen atoms in total. The Morgan fingerprint density at radius 1 is 1.60 bits per heavy atom. The van der Waals surface area contributed by atoms with E-state index in [9.17, 15) is 0 Å². The number of nitrogens with one attached hydrogen (secondary N) is 2. The zero-order valence-corrected chi connectivity index (χ0v) is 6.61. The third-order valence-corrected chi connectivity index (χ3v) is 1.21. The number of hydrogen-bond acceptors (Lipinski definition) is 2. The van der Waals surface area contributed by atoms with Crippen molar-refractivity contribution >= 4 is 7.98 Å². The highest BCUT2D eigenvalue weighted by Crippen LogP contribution is 1.95. The number of rotatable bonds is 6. The van der Waals surface area contributed by atoms with Gasteiger partial charge >= 0.3 is 0 Å². The quantitative estimate of drug-likeness (QED) is 0.403. The van der Waals surface area contributed by atoms with E-state index in [1.165, 1.54) is 0 Å². The average Bonchev–Trinajstić information content (AvgIpc) is 1.89.